The SMILES string of the molecule is C=CCNC(=O)C(=O)C(CCC)NC(=O)C1[C@@H]2C(CN1C(C)C(NC(=O)N[C@H](COC(=O)NC(C)C)C(C)(C)C)C1CCCCC1)C[N+]2(C)C. The molecule has 2 saturated heterocycles. The minimum atomic E-state index is -0.929. The van der Waals surface area contributed by atoms with Crippen LogP contribution in [0.25, 0.3) is 0 Å². The zero-order valence-corrected chi connectivity index (χ0v) is 32.1. The van der Waals surface area contributed by atoms with Gasteiger partial charge >= 0.3 is 12.1 Å². The van der Waals surface area contributed by atoms with Crippen molar-refractivity contribution >= 4 is 29.7 Å². The maximum atomic E-state index is 14.3. The molecule has 3 aliphatic rings. The van der Waals surface area contributed by atoms with Crippen LogP contribution in [0.1, 0.15) is 93.4 Å². The highest BCUT2D eigenvalue weighted by Gasteiger charge is 2.63. The summed E-state index contributed by atoms with van der Waals surface area (Å²) < 4.78 is 6.16. The Morgan fingerprint density at radius 2 is 1.64 bits per heavy atom. The van der Waals surface area contributed by atoms with E-state index in [2.05, 4.69) is 59.1 Å². The van der Waals surface area contributed by atoms with Crippen LogP contribution in [0.15, 0.2) is 12.7 Å². The third-order valence-electron chi connectivity index (χ3n) is 10.9. The molecule has 0 bridgehead atoms. The first-order chi connectivity index (χ1) is 23.4. The molecule has 5 amide bonds. The molecule has 2 aliphatic heterocycles. The van der Waals surface area contributed by atoms with E-state index >= 15 is 0 Å². The van der Waals surface area contributed by atoms with Crippen molar-refractivity contribution in [2.24, 2.45) is 17.3 Å². The van der Waals surface area contributed by atoms with Gasteiger partial charge < -0.3 is 35.8 Å². The molecule has 0 radical (unpaired) electrons. The minimum absolute atomic E-state index is 0.0182. The van der Waals surface area contributed by atoms with E-state index in [1.165, 1.54) is 6.08 Å². The molecule has 0 aromatic rings. The van der Waals surface area contributed by atoms with Gasteiger partial charge in [0.1, 0.15) is 18.7 Å². The summed E-state index contributed by atoms with van der Waals surface area (Å²) in [6.45, 7) is 19.1. The molecule has 0 aromatic carbocycles. The number of carbonyl (C=O) groups excluding carboxylic acids is 5. The van der Waals surface area contributed by atoms with Crippen molar-refractivity contribution < 1.29 is 33.2 Å². The molecule has 1 saturated carbocycles. The predicted octanol–water partition coefficient (Wildman–Crippen LogP) is 3.09. The van der Waals surface area contributed by atoms with Crippen molar-refractivity contribution in [3.63, 3.8) is 0 Å². The fourth-order valence-electron chi connectivity index (χ4n) is 8.23. The number of carbonyl (C=O) groups is 5. The average Bonchev–Trinajstić information content (AvgIpc) is 3.38. The number of hydrogen-bond acceptors (Lipinski definition) is 7. The van der Waals surface area contributed by atoms with Crippen LogP contribution in [0.5, 0.6) is 0 Å². The molecule has 13 heteroatoms. The number of likely N-dealkylation sites (tertiary alicyclic amines) is 2. The molecule has 5 unspecified atom stereocenters. The first-order valence-corrected chi connectivity index (χ1v) is 18.7. The summed E-state index contributed by atoms with van der Waals surface area (Å²) >= 11 is 0. The molecular formula is C37H66N7O6+. The summed E-state index contributed by atoms with van der Waals surface area (Å²) in [5.74, 6) is -1.13. The van der Waals surface area contributed by atoms with Gasteiger partial charge in [-0.2, -0.15) is 0 Å². The molecule has 284 valence electrons. The van der Waals surface area contributed by atoms with Gasteiger partial charge in [-0.05, 0) is 51.4 Å². The lowest BCUT2D eigenvalue weighted by atomic mass is 9.80. The van der Waals surface area contributed by atoms with E-state index < -0.39 is 41.3 Å². The highest BCUT2D eigenvalue weighted by atomic mass is 16.5. The number of nitrogens with zero attached hydrogens (tertiary/aromatic N) is 2. The van der Waals surface area contributed by atoms with Gasteiger partial charge in [0.2, 0.25) is 11.7 Å². The van der Waals surface area contributed by atoms with E-state index in [-0.39, 0.29) is 55.2 Å². The average molecular weight is 705 g/mol. The number of urea groups is 1. The van der Waals surface area contributed by atoms with Crippen molar-refractivity contribution in [3.05, 3.63) is 12.7 Å². The second-order valence-corrected chi connectivity index (χ2v) is 16.7. The van der Waals surface area contributed by atoms with Crippen LogP contribution >= 0.6 is 0 Å². The highest BCUT2D eigenvalue weighted by molar-refractivity contribution is 6.38. The Morgan fingerprint density at radius 3 is 2.20 bits per heavy atom. The second kappa shape index (κ2) is 17.8. The summed E-state index contributed by atoms with van der Waals surface area (Å²) in [6.07, 6.45) is 7.21. The number of quaternary nitrogens is 1. The number of hydrogen-bond donors (Lipinski definition) is 5. The highest BCUT2D eigenvalue weighted by Crippen LogP contribution is 2.43. The normalized spacial score (nSPS) is 24.4. The van der Waals surface area contributed by atoms with Crippen LogP contribution in [0, 0.1) is 17.3 Å². The van der Waals surface area contributed by atoms with Crippen molar-refractivity contribution in [1.29, 1.82) is 0 Å². The first-order valence-electron chi connectivity index (χ1n) is 18.7. The number of ether oxygens (including phenoxy) is 1. The van der Waals surface area contributed by atoms with Crippen molar-refractivity contribution in [2.45, 2.75) is 136 Å². The Labute approximate surface area is 300 Å². The van der Waals surface area contributed by atoms with E-state index in [0.29, 0.717) is 29.8 Å². The summed E-state index contributed by atoms with van der Waals surface area (Å²) in [5.41, 5.74) is -0.392. The zero-order valence-electron chi connectivity index (χ0n) is 32.1. The monoisotopic (exact) mass is 705 g/mol. The van der Waals surface area contributed by atoms with Crippen LogP contribution in [0.2, 0.25) is 0 Å². The molecule has 0 spiro atoms. The van der Waals surface area contributed by atoms with Gasteiger partial charge in [-0.15, -0.1) is 6.58 Å². The minimum Gasteiger partial charge on any atom is -0.447 e. The van der Waals surface area contributed by atoms with Crippen LogP contribution in [0.4, 0.5) is 9.59 Å². The molecule has 3 rings (SSSR count). The Kier molecular flexibility index (Phi) is 14.7. The fourth-order valence-corrected chi connectivity index (χ4v) is 8.23. The quantitative estimate of drug-likeness (QED) is 0.0939. The molecule has 0 aromatic heterocycles. The zero-order chi connectivity index (χ0) is 37.4. The molecule has 1 aliphatic carbocycles. The van der Waals surface area contributed by atoms with Crippen molar-refractivity contribution in [1.82, 2.24) is 31.5 Å². The predicted molar refractivity (Wildman–Crippen MR) is 194 cm³/mol. The van der Waals surface area contributed by atoms with Gasteiger partial charge in [0.15, 0.2) is 0 Å². The number of likely N-dealkylation sites (N-methyl/N-ethyl adjacent to an activating group) is 1. The molecule has 7 atom stereocenters. The largest absolute Gasteiger partial charge is 0.447 e. The van der Waals surface area contributed by atoms with Crippen molar-refractivity contribution in [3.8, 4) is 0 Å². The second-order valence-electron chi connectivity index (χ2n) is 16.7. The number of Topliss-reactive ketones (excluding diaryl/α,β-unsaturated/α-hetero) is 1. The van der Waals surface area contributed by atoms with E-state index in [1.807, 2.05) is 41.5 Å². The Bertz CT molecular complexity index is 1210. The summed E-state index contributed by atoms with van der Waals surface area (Å²) in [6, 6.07) is -2.73. The Hall–Kier alpha value is -3.19. The van der Waals surface area contributed by atoms with Crippen LogP contribution in [-0.2, 0) is 19.1 Å². The Balaban J connectivity index is 1.86. The van der Waals surface area contributed by atoms with E-state index in [1.54, 1.807) is 0 Å². The van der Waals surface area contributed by atoms with Gasteiger partial charge in [0.25, 0.3) is 5.91 Å². The van der Waals surface area contributed by atoms with Crippen LogP contribution in [0.3, 0.4) is 0 Å². The van der Waals surface area contributed by atoms with Crippen LogP contribution < -0.4 is 26.6 Å². The number of ketones is 1. The molecule has 50 heavy (non-hydrogen) atoms. The number of alkyl carbamates (subject to hydrolysis) is 1. The number of fused-ring (bicyclic) bond motifs is 1. The molecule has 2 heterocycles. The van der Waals surface area contributed by atoms with Gasteiger partial charge in [0, 0.05) is 31.2 Å². The van der Waals surface area contributed by atoms with E-state index in [9.17, 15) is 24.0 Å². The molecule has 5 N–H and O–H groups in total. The van der Waals surface area contributed by atoms with Crippen molar-refractivity contribution in [2.75, 3.05) is 40.3 Å². The standard InChI is InChI=1S/C37H65N7O6/c1-11-16-27(32(45)34(47)38-19-12-2)40-33(46)30-31-26(21-44(31,9)10)20-43(30)24(5)29(25-17-14-13-15-18-25)42-35(48)41-28(37(6,7)8)22-50-36(49)39-23(3)4/h12,23-31H,2,11,13-22H2,1,3-10H3,(H4-,38,39,40,41,42,46,47,48,49)/p+1/t24?,26?,27?,28-,29?,30?,31+/m1/s1. The number of nitrogens with one attached hydrogen (secondary N) is 5. The third kappa shape index (κ3) is 10.7. The van der Waals surface area contributed by atoms with E-state index in [0.717, 1.165) is 38.6 Å². The van der Waals surface area contributed by atoms with Gasteiger partial charge in [-0.1, -0.05) is 59.5 Å². The first kappa shape index (κ1) is 41.2. The van der Waals surface area contributed by atoms with Gasteiger partial charge in [0.05, 0.1) is 38.6 Å². The fraction of sp³-hybridized carbons (Fsp3) is 0.811. The van der Waals surface area contributed by atoms with E-state index in [4.69, 9.17) is 4.74 Å². The maximum absolute atomic E-state index is 14.3. The summed E-state index contributed by atoms with van der Waals surface area (Å²) in [5, 5.41) is 14.7. The molecular weight excluding hydrogens is 638 g/mol. The lowest BCUT2D eigenvalue weighted by Crippen LogP contribution is -2.71. The third-order valence-corrected chi connectivity index (χ3v) is 10.9. The lowest BCUT2D eigenvalue weighted by Gasteiger charge is -2.51. The Morgan fingerprint density at radius 1 is 0.980 bits per heavy atom. The number of rotatable bonds is 16. The van der Waals surface area contributed by atoms with Gasteiger partial charge in [-0.3, -0.25) is 19.3 Å². The summed E-state index contributed by atoms with van der Waals surface area (Å²) in [4.78, 5) is 68.4. The topological polar surface area (TPSA) is 158 Å². The summed E-state index contributed by atoms with van der Waals surface area (Å²) in [7, 11) is 4.26. The van der Waals surface area contributed by atoms with Crippen LogP contribution in [-0.4, -0.2) is 122 Å². The smallest absolute Gasteiger partial charge is 0.407 e. The number of amides is 5. The lowest BCUT2D eigenvalue weighted by molar-refractivity contribution is -0.963. The van der Waals surface area contributed by atoms with Gasteiger partial charge in [-0.25, -0.2) is 9.59 Å². The molecule has 13 nitrogen and oxygen atoms in total. The molecule has 3 fully saturated rings. The maximum Gasteiger partial charge on any atom is 0.407 e.